The second-order valence-corrected chi connectivity index (χ2v) is 7.20. The van der Waals surface area contributed by atoms with Gasteiger partial charge in [0.1, 0.15) is 0 Å². The summed E-state index contributed by atoms with van der Waals surface area (Å²) >= 11 is 0. The van der Waals surface area contributed by atoms with Gasteiger partial charge in [-0.1, -0.05) is 0 Å². The Morgan fingerprint density at radius 2 is 2.00 bits per heavy atom. The lowest BCUT2D eigenvalue weighted by atomic mass is 10.2. The summed E-state index contributed by atoms with van der Waals surface area (Å²) in [6.45, 7) is 1.30. The van der Waals surface area contributed by atoms with E-state index < -0.39 is 10.0 Å². The molecule has 0 radical (unpaired) electrons. The van der Waals surface area contributed by atoms with Crippen molar-refractivity contribution in [1.82, 2.24) is 9.21 Å². The third-order valence-corrected chi connectivity index (χ3v) is 5.46. The topological polar surface area (TPSA) is 64.4 Å². The van der Waals surface area contributed by atoms with E-state index in [1.165, 1.54) is 12.1 Å². The zero-order chi connectivity index (χ0) is 14.8. The summed E-state index contributed by atoms with van der Waals surface area (Å²) in [5.41, 5.74) is 0.468. The van der Waals surface area contributed by atoms with E-state index in [0.717, 1.165) is 19.4 Å². The van der Waals surface area contributed by atoms with Gasteiger partial charge < -0.3 is 4.90 Å². The van der Waals surface area contributed by atoms with Crippen LogP contribution in [0.25, 0.3) is 0 Å². The van der Waals surface area contributed by atoms with Crippen LogP contribution in [0.15, 0.2) is 29.2 Å². The summed E-state index contributed by atoms with van der Waals surface area (Å²) in [6, 6.07) is 8.14. The Labute approximate surface area is 120 Å². The molecule has 0 aromatic heterocycles. The van der Waals surface area contributed by atoms with E-state index in [4.69, 9.17) is 5.26 Å². The highest BCUT2D eigenvalue weighted by Crippen LogP contribution is 2.26. The lowest BCUT2D eigenvalue weighted by Crippen LogP contribution is -2.41. The minimum absolute atomic E-state index is 0.0330. The third-order valence-electron chi connectivity index (χ3n) is 3.49. The molecule has 1 aromatic carbocycles. The maximum atomic E-state index is 12.7. The summed E-state index contributed by atoms with van der Waals surface area (Å²) in [6.07, 6.45) is 1.79. The van der Waals surface area contributed by atoms with Crippen molar-refractivity contribution in [2.75, 3.05) is 27.2 Å². The number of benzene rings is 1. The largest absolute Gasteiger partial charge is 0.308 e. The highest BCUT2D eigenvalue weighted by molar-refractivity contribution is 7.89. The second-order valence-electron chi connectivity index (χ2n) is 5.31. The van der Waals surface area contributed by atoms with Crippen LogP contribution in [0.5, 0.6) is 0 Å². The Morgan fingerprint density at radius 3 is 2.55 bits per heavy atom. The normalized spacial score (nSPS) is 20.2. The van der Waals surface area contributed by atoms with E-state index in [-0.39, 0.29) is 10.9 Å². The SMILES string of the molecule is CN(C)CC1CCCN1S(=O)(=O)c1ccc(C#N)cc1. The average Bonchev–Trinajstić information content (AvgIpc) is 2.87. The predicted molar refractivity (Wildman–Crippen MR) is 76.6 cm³/mol. The Morgan fingerprint density at radius 1 is 1.35 bits per heavy atom. The first-order chi connectivity index (χ1) is 9.45. The van der Waals surface area contributed by atoms with E-state index in [2.05, 4.69) is 0 Å². The van der Waals surface area contributed by atoms with Gasteiger partial charge in [-0.15, -0.1) is 0 Å². The van der Waals surface area contributed by atoms with Gasteiger partial charge in [-0.3, -0.25) is 0 Å². The number of hydrogen-bond acceptors (Lipinski definition) is 4. The van der Waals surface area contributed by atoms with Gasteiger partial charge in [0.05, 0.1) is 16.5 Å². The van der Waals surface area contributed by atoms with Crippen LogP contribution in [0.3, 0.4) is 0 Å². The highest BCUT2D eigenvalue weighted by Gasteiger charge is 2.35. The van der Waals surface area contributed by atoms with Crippen LogP contribution < -0.4 is 0 Å². The van der Waals surface area contributed by atoms with E-state index in [9.17, 15) is 8.42 Å². The maximum Gasteiger partial charge on any atom is 0.243 e. The molecular formula is C14H19N3O2S. The fraction of sp³-hybridized carbons (Fsp3) is 0.500. The van der Waals surface area contributed by atoms with Crippen LogP contribution in [0.2, 0.25) is 0 Å². The van der Waals surface area contributed by atoms with Gasteiger partial charge in [-0.05, 0) is 51.2 Å². The molecule has 6 heteroatoms. The van der Waals surface area contributed by atoms with E-state index in [1.54, 1.807) is 16.4 Å². The number of likely N-dealkylation sites (N-methyl/N-ethyl adjacent to an activating group) is 1. The van der Waals surface area contributed by atoms with Crippen LogP contribution in [0.4, 0.5) is 0 Å². The molecule has 0 amide bonds. The quantitative estimate of drug-likeness (QED) is 0.838. The molecule has 0 saturated carbocycles. The maximum absolute atomic E-state index is 12.7. The fourth-order valence-electron chi connectivity index (χ4n) is 2.57. The van der Waals surface area contributed by atoms with Crippen LogP contribution >= 0.6 is 0 Å². The second kappa shape index (κ2) is 5.92. The minimum Gasteiger partial charge on any atom is -0.308 e. The molecule has 1 heterocycles. The molecule has 1 unspecified atom stereocenters. The molecule has 0 bridgehead atoms. The fourth-order valence-corrected chi connectivity index (χ4v) is 4.25. The lowest BCUT2D eigenvalue weighted by Gasteiger charge is -2.26. The molecule has 108 valence electrons. The molecule has 1 saturated heterocycles. The monoisotopic (exact) mass is 293 g/mol. The Balaban J connectivity index is 2.26. The predicted octanol–water partition coefficient (Wildman–Crippen LogP) is 1.27. The molecule has 20 heavy (non-hydrogen) atoms. The summed E-state index contributed by atoms with van der Waals surface area (Å²) in [4.78, 5) is 2.28. The van der Waals surface area contributed by atoms with E-state index in [0.29, 0.717) is 12.1 Å². The number of nitriles is 1. The summed E-state index contributed by atoms with van der Waals surface area (Å²) in [5.74, 6) is 0. The molecule has 0 spiro atoms. The van der Waals surface area contributed by atoms with Crippen molar-refractivity contribution in [1.29, 1.82) is 5.26 Å². The van der Waals surface area contributed by atoms with Gasteiger partial charge >= 0.3 is 0 Å². The van der Waals surface area contributed by atoms with Crippen molar-refractivity contribution in [3.63, 3.8) is 0 Å². The smallest absolute Gasteiger partial charge is 0.243 e. The van der Waals surface area contributed by atoms with Crippen molar-refractivity contribution in [3.05, 3.63) is 29.8 Å². The zero-order valence-electron chi connectivity index (χ0n) is 11.8. The van der Waals surface area contributed by atoms with Gasteiger partial charge in [-0.2, -0.15) is 9.57 Å². The lowest BCUT2D eigenvalue weighted by molar-refractivity contribution is 0.291. The third kappa shape index (κ3) is 3.01. The van der Waals surface area contributed by atoms with Crippen molar-refractivity contribution in [2.45, 2.75) is 23.8 Å². The van der Waals surface area contributed by atoms with Crippen molar-refractivity contribution >= 4 is 10.0 Å². The molecular weight excluding hydrogens is 274 g/mol. The molecule has 1 aliphatic rings. The zero-order valence-corrected chi connectivity index (χ0v) is 12.6. The molecule has 1 fully saturated rings. The van der Waals surface area contributed by atoms with Crippen LogP contribution in [0, 0.1) is 11.3 Å². The first-order valence-corrected chi connectivity index (χ1v) is 8.06. The van der Waals surface area contributed by atoms with Crippen LogP contribution in [-0.4, -0.2) is 50.8 Å². The van der Waals surface area contributed by atoms with Gasteiger partial charge in [0.15, 0.2) is 0 Å². The van der Waals surface area contributed by atoms with Crippen LogP contribution in [0.1, 0.15) is 18.4 Å². The molecule has 0 aliphatic carbocycles. The summed E-state index contributed by atoms with van der Waals surface area (Å²) in [7, 11) is 0.437. The first-order valence-electron chi connectivity index (χ1n) is 6.62. The molecule has 1 aliphatic heterocycles. The Kier molecular flexibility index (Phi) is 4.43. The van der Waals surface area contributed by atoms with Gasteiger partial charge in [0.2, 0.25) is 10.0 Å². The summed E-state index contributed by atoms with van der Waals surface area (Å²) < 4.78 is 26.9. The molecule has 1 atom stereocenters. The molecule has 1 aromatic rings. The number of rotatable bonds is 4. The first kappa shape index (κ1) is 15.0. The van der Waals surface area contributed by atoms with Crippen molar-refractivity contribution in [2.24, 2.45) is 0 Å². The number of sulfonamides is 1. The van der Waals surface area contributed by atoms with Gasteiger partial charge in [0.25, 0.3) is 0 Å². The molecule has 5 nitrogen and oxygen atoms in total. The molecule has 0 N–H and O–H groups in total. The Hall–Kier alpha value is -1.42. The van der Waals surface area contributed by atoms with Crippen molar-refractivity contribution in [3.8, 4) is 6.07 Å². The number of nitrogens with zero attached hydrogens (tertiary/aromatic N) is 3. The van der Waals surface area contributed by atoms with Gasteiger partial charge in [-0.25, -0.2) is 8.42 Å². The van der Waals surface area contributed by atoms with Gasteiger partial charge in [0, 0.05) is 19.1 Å². The van der Waals surface area contributed by atoms with E-state index in [1.807, 2.05) is 25.1 Å². The van der Waals surface area contributed by atoms with Crippen molar-refractivity contribution < 1.29 is 8.42 Å². The standard InChI is InChI=1S/C14H19N3O2S/c1-16(2)11-13-4-3-9-17(13)20(18,19)14-7-5-12(10-15)6-8-14/h5-8,13H,3-4,9,11H2,1-2H3. The minimum atomic E-state index is -3.46. The van der Waals surface area contributed by atoms with Crippen LogP contribution in [-0.2, 0) is 10.0 Å². The summed E-state index contributed by atoms with van der Waals surface area (Å²) in [5, 5.41) is 8.77. The average molecular weight is 293 g/mol. The highest BCUT2D eigenvalue weighted by atomic mass is 32.2. The molecule has 2 rings (SSSR count). The Bertz CT molecular complexity index is 602. The number of hydrogen-bond donors (Lipinski definition) is 0. The van der Waals surface area contributed by atoms with E-state index >= 15 is 0 Å².